The van der Waals surface area contributed by atoms with Gasteiger partial charge in [-0.15, -0.1) is 0 Å². The molecule has 5 nitrogen and oxygen atoms in total. The van der Waals surface area contributed by atoms with Gasteiger partial charge in [0, 0.05) is 19.6 Å². The summed E-state index contributed by atoms with van der Waals surface area (Å²) in [5, 5.41) is 11.8. The number of likely N-dealkylation sites (N-methyl/N-ethyl adjacent to an activating group) is 1. The standard InChI is InChI=1S/C19H20N2O3/c1-21(17-10-15-4-2-3-5-16(15)11-17)19(24)20-12-13-6-8-14(9-7-13)18(22)23/h2-9,17H,10-12H2,1H3,(H,20,24)(H,22,23). The molecule has 0 unspecified atom stereocenters. The van der Waals surface area contributed by atoms with E-state index < -0.39 is 5.97 Å². The second-order valence-corrected chi connectivity index (χ2v) is 6.10. The van der Waals surface area contributed by atoms with Crippen LogP contribution in [0.5, 0.6) is 0 Å². The highest BCUT2D eigenvalue weighted by atomic mass is 16.4. The number of benzene rings is 2. The average molecular weight is 324 g/mol. The number of urea groups is 1. The molecule has 0 radical (unpaired) electrons. The largest absolute Gasteiger partial charge is 0.478 e. The van der Waals surface area contributed by atoms with Gasteiger partial charge < -0.3 is 15.3 Å². The van der Waals surface area contributed by atoms with Crippen molar-refractivity contribution in [3.05, 3.63) is 70.8 Å². The molecule has 24 heavy (non-hydrogen) atoms. The van der Waals surface area contributed by atoms with E-state index in [2.05, 4.69) is 17.4 Å². The second-order valence-electron chi connectivity index (χ2n) is 6.10. The first-order valence-corrected chi connectivity index (χ1v) is 7.94. The Morgan fingerprint density at radius 1 is 1.08 bits per heavy atom. The Hall–Kier alpha value is -2.82. The van der Waals surface area contributed by atoms with Crippen molar-refractivity contribution < 1.29 is 14.7 Å². The number of fused-ring (bicyclic) bond motifs is 1. The van der Waals surface area contributed by atoms with E-state index in [-0.39, 0.29) is 17.6 Å². The molecule has 0 saturated carbocycles. The van der Waals surface area contributed by atoms with Crippen molar-refractivity contribution in [3.8, 4) is 0 Å². The van der Waals surface area contributed by atoms with E-state index in [4.69, 9.17) is 5.11 Å². The Bertz CT molecular complexity index is 730. The van der Waals surface area contributed by atoms with Gasteiger partial charge in [-0.3, -0.25) is 0 Å². The number of carbonyl (C=O) groups is 2. The topological polar surface area (TPSA) is 69.6 Å². The fraction of sp³-hybridized carbons (Fsp3) is 0.263. The molecule has 3 rings (SSSR count). The van der Waals surface area contributed by atoms with Gasteiger partial charge in [-0.05, 0) is 41.7 Å². The molecule has 0 atom stereocenters. The summed E-state index contributed by atoms with van der Waals surface area (Å²) in [7, 11) is 1.82. The molecule has 1 aliphatic rings. The average Bonchev–Trinajstić information content (AvgIpc) is 3.03. The Labute approximate surface area is 140 Å². The van der Waals surface area contributed by atoms with E-state index in [1.807, 2.05) is 19.2 Å². The van der Waals surface area contributed by atoms with E-state index in [9.17, 15) is 9.59 Å². The van der Waals surface area contributed by atoms with Gasteiger partial charge in [0.1, 0.15) is 0 Å². The molecule has 2 aromatic carbocycles. The van der Waals surface area contributed by atoms with Crippen LogP contribution in [0.3, 0.4) is 0 Å². The van der Waals surface area contributed by atoms with Crippen molar-refractivity contribution in [2.24, 2.45) is 0 Å². The Kier molecular flexibility index (Phi) is 4.51. The molecule has 0 spiro atoms. The maximum atomic E-state index is 12.4. The van der Waals surface area contributed by atoms with Crippen LogP contribution in [-0.2, 0) is 19.4 Å². The number of hydrogen-bond acceptors (Lipinski definition) is 2. The molecule has 0 fully saturated rings. The molecule has 0 heterocycles. The normalized spacial score (nSPS) is 13.4. The first kappa shape index (κ1) is 16.1. The van der Waals surface area contributed by atoms with E-state index >= 15 is 0 Å². The molecule has 0 saturated heterocycles. The first-order chi connectivity index (χ1) is 11.5. The summed E-state index contributed by atoms with van der Waals surface area (Å²) in [5.41, 5.74) is 3.74. The summed E-state index contributed by atoms with van der Waals surface area (Å²) >= 11 is 0. The molecular formula is C19H20N2O3. The highest BCUT2D eigenvalue weighted by molar-refractivity contribution is 5.87. The van der Waals surface area contributed by atoms with Crippen LogP contribution in [0.4, 0.5) is 4.79 Å². The number of carboxylic acids is 1. The summed E-state index contributed by atoms with van der Waals surface area (Å²) in [6.07, 6.45) is 1.76. The lowest BCUT2D eigenvalue weighted by Crippen LogP contribution is -2.43. The van der Waals surface area contributed by atoms with Crippen molar-refractivity contribution >= 4 is 12.0 Å². The summed E-state index contributed by atoms with van der Waals surface area (Å²) < 4.78 is 0. The summed E-state index contributed by atoms with van der Waals surface area (Å²) in [4.78, 5) is 24.9. The van der Waals surface area contributed by atoms with Crippen LogP contribution in [0.1, 0.15) is 27.0 Å². The quantitative estimate of drug-likeness (QED) is 0.908. The summed E-state index contributed by atoms with van der Waals surface area (Å²) in [6.45, 7) is 0.378. The number of amides is 2. The lowest BCUT2D eigenvalue weighted by molar-refractivity contribution is 0.0697. The molecule has 0 bridgehead atoms. The van der Waals surface area contributed by atoms with Crippen LogP contribution in [0.15, 0.2) is 48.5 Å². The number of carbonyl (C=O) groups excluding carboxylic acids is 1. The maximum absolute atomic E-state index is 12.4. The van der Waals surface area contributed by atoms with Crippen molar-refractivity contribution in [2.75, 3.05) is 7.05 Å². The van der Waals surface area contributed by atoms with Gasteiger partial charge in [0.2, 0.25) is 0 Å². The monoisotopic (exact) mass is 324 g/mol. The minimum Gasteiger partial charge on any atom is -0.478 e. The first-order valence-electron chi connectivity index (χ1n) is 7.94. The molecule has 0 aliphatic heterocycles. The number of hydrogen-bond donors (Lipinski definition) is 2. The molecule has 5 heteroatoms. The third kappa shape index (κ3) is 3.40. The summed E-state index contributed by atoms with van der Waals surface area (Å²) in [6, 6.07) is 14.9. The van der Waals surface area contributed by atoms with Crippen LogP contribution < -0.4 is 5.32 Å². The third-order valence-electron chi connectivity index (χ3n) is 4.54. The molecule has 0 aromatic heterocycles. The molecule has 1 aliphatic carbocycles. The number of nitrogens with one attached hydrogen (secondary N) is 1. The van der Waals surface area contributed by atoms with Gasteiger partial charge in [-0.25, -0.2) is 9.59 Å². The third-order valence-corrected chi connectivity index (χ3v) is 4.54. The Balaban J connectivity index is 1.54. The van der Waals surface area contributed by atoms with Crippen LogP contribution in [-0.4, -0.2) is 35.1 Å². The zero-order chi connectivity index (χ0) is 17.1. The Morgan fingerprint density at radius 3 is 2.21 bits per heavy atom. The van der Waals surface area contributed by atoms with E-state index in [1.165, 1.54) is 11.1 Å². The SMILES string of the molecule is CN(C(=O)NCc1ccc(C(=O)O)cc1)C1Cc2ccccc2C1. The maximum Gasteiger partial charge on any atom is 0.335 e. The molecule has 124 valence electrons. The van der Waals surface area contributed by atoms with Gasteiger partial charge in [0.05, 0.1) is 5.56 Å². The van der Waals surface area contributed by atoms with E-state index in [1.54, 1.807) is 29.2 Å². The second kappa shape index (κ2) is 6.74. The molecule has 2 N–H and O–H groups in total. The number of nitrogens with zero attached hydrogens (tertiary/aromatic N) is 1. The van der Waals surface area contributed by atoms with Gasteiger partial charge in [-0.1, -0.05) is 36.4 Å². The van der Waals surface area contributed by atoms with Gasteiger partial charge in [0.25, 0.3) is 0 Å². The number of carboxylic acid groups (broad SMARTS) is 1. The van der Waals surface area contributed by atoms with Crippen LogP contribution in [0, 0.1) is 0 Å². The Morgan fingerprint density at radius 2 is 1.67 bits per heavy atom. The molecular weight excluding hydrogens is 304 g/mol. The van der Waals surface area contributed by atoms with Crippen LogP contribution >= 0.6 is 0 Å². The number of aromatic carboxylic acids is 1. The predicted molar refractivity (Wildman–Crippen MR) is 91.0 cm³/mol. The molecule has 2 aromatic rings. The lowest BCUT2D eigenvalue weighted by atomic mass is 10.1. The summed E-state index contributed by atoms with van der Waals surface area (Å²) in [5.74, 6) is -0.953. The highest BCUT2D eigenvalue weighted by Crippen LogP contribution is 2.24. The zero-order valence-corrected chi connectivity index (χ0v) is 13.5. The van der Waals surface area contributed by atoms with Gasteiger partial charge >= 0.3 is 12.0 Å². The zero-order valence-electron chi connectivity index (χ0n) is 13.5. The fourth-order valence-electron chi connectivity index (χ4n) is 3.04. The smallest absolute Gasteiger partial charge is 0.335 e. The predicted octanol–water partition coefficient (Wildman–Crippen LogP) is 2.69. The van der Waals surface area contributed by atoms with Gasteiger partial charge in [-0.2, -0.15) is 0 Å². The van der Waals surface area contributed by atoms with Crippen LogP contribution in [0.25, 0.3) is 0 Å². The van der Waals surface area contributed by atoms with Crippen molar-refractivity contribution in [2.45, 2.75) is 25.4 Å². The fourth-order valence-corrected chi connectivity index (χ4v) is 3.04. The number of rotatable bonds is 4. The highest BCUT2D eigenvalue weighted by Gasteiger charge is 2.27. The lowest BCUT2D eigenvalue weighted by Gasteiger charge is -2.24. The minimum atomic E-state index is -0.953. The van der Waals surface area contributed by atoms with Crippen LogP contribution in [0.2, 0.25) is 0 Å². The van der Waals surface area contributed by atoms with Gasteiger partial charge in [0.15, 0.2) is 0 Å². The van der Waals surface area contributed by atoms with E-state index in [0.717, 1.165) is 18.4 Å². The van der Waals surface area contributed by atoms with Crippen molar-refractivity contribution in [3.63, 3.8) is 0 Å². The van der Waals surface area contributed by atoms with E-state index in [0.29, 0.717) is 6.54 Å². The van der Waals surface area contributed by atoms with Crippen molar-refractivity contribution in [1.29, 1.82) is 0 Å². The molecule has 2 amide bonds. The van der Waals surface area contributed by atoms with Crippen molar-refractivity contribution in [1.82, 2.24) is 10.2 Å². The minimum absolute atomic E-state index is 0.116.